The summed E-state index contributed by atoms with van der Waals surface area (Å²) in [6, 6.07) is 21.5. The lowest BCUT2D eigenvalue weighted by atomic mass is 9.80. The van der Waals surface area contributed by atoms with Crippen molar-refractivity contribution in [3.05, 3.63) is 112 Å². The number of thiocarbonyl (C=S) groups is 1. The van der Waals surface area contributed by atoms with Gasteiger partial charge in [0.05, 0.1) is 5.56 Å². The molecule has 0 unspecified atom stereocenters. The van der Waals surface area contributed by atoms with Gasteiger partial charge in [-0.2, -0.15) is 0 Å². The van der Waals surface area contributed by atoms with Crippen molar-refractivity contribution in [2.75, 3.05) is 18.4 Å². The molecule has 0 aliphatic carbocycles. The number of carboxylic acids is 1. The molecule has 4 aromatic carbocycles. The Morgan fingerprint density at radius 1 is 0.805 bits per heavy atom. The van der Waals surface area contributed by atoms with Crippen LogP contribution in [-0.2, 0) is 0 Å². The molecule has 1 aliphatic rings. The number of rotatable bonds is 7. The van der Waals surface area contributed by atoms with Gasteiger partial charge < -0.3 is 36.0 Å². The van der Waals surface area contributed by atoms with Crippen molar-refractivity contribution >= 4 is 34.9 Å². The topological polar surface area (TPSA) is 140 Å². The fourth-order valence-electron chi connectivity index (χ4n) is 4.73. The number of carboxylic acid groups (broad SMARTS) is 1. The molecule has 0 aromatic heterocycles. The highest BCUT2D eigenvalue weighted by molar-refractivity contribution is 7.80. The summed E-state index contributed by atoms with van der Waals surface area (Å²) in [5.74, 6) is -1.11. The van der Waals surface area contributed by atoms with Crippen molar-refractivity contribution in [3.8, 4) is 23.0 Å². The highest BCUT2D eigenvalue weighted by atomic mass is 32.1. The second-order valence-corrected chi connectivity index (χ2v) is 10.00. The Morgan fingerprint density at radius 2 is 1.39 bits per heavy atom. The van der Waals surface area contributed by atoms with E-state index < -0.39 is 11.9 Å². The molecule has 0 saturated carbocycles. The minimum atomic E-state index is -1.13. The van der Waals surface area contributed by atoms with Gasteiger partial charge in [0.15, 0.2) is 5.11 Å². The van der Waals surface area contributed by atoms with Crippen LogP contribution in [0.25, 0.3) is 0 Å². The van der Waals surface area contributed by atoms with Gasteiger partial charge in [-0.3, -0.25) is 4.79 Å². The minimum Gasteiger partial charge on any atom is -0.508 e. The Kier molecular flexibility index (Phi) is 7.75. The molecule has 0 atom stereocenters. The molecule has 4 aromatic rings. The summed E-state index contributed by atoms with van der Waals surface area (Å²) in [6.07, 6.45) is 0. The zero-order valence-corrected chi connectivity index (χ0v) is 22.8. The Morgan fingerprint density at radius 3 is 2.00 bits per heavy atom. The van der Waals surface area contributed by atoms with Crippen molar-refractivity contribution in [1.29, 1.82) is 0 Å². The molecular weight excluding hydrogens is 542 g/mol. The molecule has 5 rings (SSSR count). The molecule has 1 amide bonds. The third-order valence-corrected chi connectivity index (χ3v) is 6.95. The van der Waals surface area contributed by atoms with E-state index in [0.717, 1.165) is 5.56 Å². The fraction of sp³-hybridized carbons (Fsp3) is 0.129. The maximum absolute atomic E-state index is 12.4. The van der Waals surface area contributed by atoms with Crippen molar-refractivity contribution in [2.45, 2.75) is 12.8 Å². The molecule has 0 fully saturated rings. The highest BCUT2D eigenvalue weighted by Gasteiger charge is 2.32. The van der Waals surface area contributed by atoms with Crippen LogP contribution in [0.3, 0.4) is 0 Å². The number of benzene rings is 4. The van der Waals surface area contributed by atoms with Crippen LogP contribution in [0.15, 0.2) is 78.9 Å². The number of carbonyl (C=O) groups excluding carboxylic acids is 1. The van der Waals surface area contributed by atoms with E-state index in [4.69, 9.17) is 17.0 Å². The van der Waals surface area contributed by atoms with E-state index in [-0.39, 0.29) is 28.1 Å². The van der Waals surface area contributed by atoms with Crippen molar-refractivity contribution < 1.29 is 29.6 Å². The van der Waals surface area contributed by atoms with Crippen LogP contribution < -0.4 is 20.7 Å². The van der Waals surface area contributed by atoms with Gasteiger partial charge >= 0.3 is 5.97 Å². The van der Waals surface area contributed by atoms with Crippen LogP contribution in [0.2, 0.25) is 0 Å². The largest absolute Gasteiger partial charge is 0.508 e. The van der Waals surface area contributed by atoms with Crippen LogP contribution in [0.1, 0.15) is 48.9 Å². The summed E-state index contributed by atoms with van der Waals surface area (Å²) in [7, 11) is 0. The third kappa shape index (κ3) is 6.07. The number of ether oxygens (including phenoxy) is 1. The molecular formula is C31H27N3O6S. The van der Waals surface area contributed by atoms with Gasteiger partial charge in [-0.15, -0.1) is 0 Å². The Labute approximate surface area is 241 Å². The number of fused-ring (bicyclic) bond motifs is 2. The van der Waals surface area contributed by atoms with Crippen LogP contribution in [0.4, 0.5) is 5.69 Å². The number of phenolic OH excluding ortho intramolecular Hbond substituents is 2. The molecule has 0 radical (unpaired) electrons. The van der Waals surface area contributed by atoms with Crippen molar-refractivity contribution in [1.82, 2.24) is 10.6 Å². The van der Waals surface area contributed by atoms with Gasteiger partial charge in [-0.25, -0.2) is 4.79 Å². The van der Waals surface area contributed by atoms with Gasteiger partial charge in [0, 0.05) is 53.5 Å². The lowest BCUT2D eigenvalue weighted by molar-refractivity contribution is 0.0695. The average Bonchev–Trinajstić information content (AvgIpc) is 2.94. The van der Waals surface area contributed by atoms with E-state index in [2.05, 4.69) is 16.0 Å². The summed E-state index contributed by atoms with van der Waals surface area (Å²) in [5.41, 5.74) is 4.01. The molecule has 0 spiro atoms. The number of carbonyl (C=O) groups is 2. The number of aromatic carboxylic acids is 1. The smallest absolute Gasteiger partial charge is 0.336 e. The number of nitrogens with one attached hydrogen (secondary N) is 3. The molecule has 41 heavy (non-hydrogen) atoms. The standard InChI is InChI=1S/C31H27N3O6S/c1-17-2-4-18(5-3-17)29(37)32-12-13-33-31(41)34-19-6-9-22(25(14-19)30(38)39)28-23-10-7-20(35)15-26(23)40-27-16-21(36)8-11-24(27)28/h2-11,14-16,28,35-36H,12-13H2,1H3,(H,32,37)(H,38,39)(H2,33,34,41). The summed E-state index contributed by atoms with van der Waals surface area (Å²) < 4.78 is 5.93. The summed E-state index contributed by atoms with van der Waals surface area (Å²) in [5, 5.41) is 39.3. The first-order chi connectivity index (χ1) is 19.7. The normalized spacial score (nSPS) is 11.9. The van der Waals surface area contributed by atoms with E-state index >= 15 is 0 Å². The monoisotopic (exact) mass is 569 g/mol. The average molecular weight is 570 g/mol. The minimum absolute atomic E-state index is 0.000151. The zero-order chi connectivity index (χ0) is 29.1. The van der Waals surface area contributed by atoms with Crippen LogP contribution in [0.5, 0.6) is 23.0 Å². The predicted molar refractivity (Wildman–Crippen MR) is 158 cm³/mol. The number of amides is 1. The first-order valence-corrected chi connectivity index (χ1v) is 13.2. The molecule has 10 heteroatoms. The van der Waals surface area contributed by atoms with Crippen LogP contribution >= 0.6 is 12.2 Å². The number of anilines is 1. The lowest BCUT2D eigenvalue weighted by Gasteiger charge is -2.30. The Balaban J connectivity index is 1.31. The molecule has 1 heterocycles. The maximum atomic E-state index is 12.4. The van der Waals surface area contributed by atoms with Crippen LogP contribution in [-0.4, -0.2) is 45.4 Å². The number of phenols is 2. The molecule has 0 saturated heterocycles. The van der Waals surface area contributed by atoms with Gasteiger partial charge in [0.1, 0.15) is 23.0 Å². The van der Waals surface area contributed by atoms with E-state index in [1.165, 1.54) is 30.3 Å². The number of hydrogen-bond donors (Lipinski definition) is 6. The second kappa shape index (κ2) is 11.6. The van der Waals surface area contributed by atoms with E-state index in [9.17, 15) is 24.9 Å². The van der Waals surface area contributed by atoms with Gasteiger partial charge in [-0.1, -0.05) is 35.9 Å². The van der Waals surface area contributed by atoms with Gasteiger partial charge in [0.25, 0.3) is 5.91 Å². The van der Waals surface area contributed by atoms with Crippen LogP contribution in [0, 0.1) is 6.92 Å². The lowest BCUT2D eigenvalue weighted by Crippen LogP contribution is -2.36. The summed E-state index contributed by atoms with van der Waals surface area (Å²) >= 11 is 5.37. The molecule has 208 valence electrons. The molecule has 0 bridgehead atoms. The van der Waals surface area contributed by atoms with E-state index in [1.54, 1.807) is 36.4 Å². The van der Waals surface area contributed by atoms with Gasteiger partial charge in [0.2, 0.25) is 0 Å². The first kappa shape index (κ1) is 27.5. The molecule has 1 aliphatic heterocycles. The predicted octanol–water partition coefficient (Wildman–Crippen LogP) is 5.11. The molecule has 6 N–H and O–H groups in total. The van der Waals surface area contributed by atoms with Gasteiger partial charge in [-0.05, 0) is 61.1 Å². The van der Waals surface area contributed by atoms with Crippen molar-refractivity contribution in [3.63, 3.8) is 0 Å². The van der Waals surface area contributed by atoms with E-state index in [0.29, 0.717) is 52.5 Å². The fourth-order valence-corrected chi connectivity index (χ4v) is 4.95. The first-order valence-electron chi connectivity index (χ1n) is 12.8. The SMILES string of the molecule is Cc1ccc(C(=O)NCCNC(=S)Nc2ccc(C3c4ccc(O)cc4Oc4cc(O)ccc43)c(C(=O)O)c2)cc1. The molecule has 9 nitrogen and oxygen atoms in total. The Hall–Kier alpha value is -5.09. The highest BCUT2D eigenvalue weighted by Crippen LogP contribution is 2.49. The second-order valence-electron chi connectivity index (χ2n) is 9.59. The van der Waals surface area contributed by atoms with E-state index in [1.807, 2.05) is 19.1 Å². The maximum Gasteiger partial charge on any atom is 0.336 e. The number of aryl methyl sites for hydroxylation is 1. The quantitative estimate of drug-likeness (QED) is 0.117. The summed E-state index contributed by atoms with van der Waals surface area (Å²) in [6.45, 7) is 2.65. The number of aromatic hydroxyl groups is 2. The third-order valence-electron chi connectivity index (χ3n) is 6.70. The van der Waals surface area contributed by atoms with Crippen molar-refractivity contribution in [2.24, 2.45) is 0 Å². The Bertz CT molecular complexity index is 1600. The zero-order valence-electron chi connectivity index (χ0n) is 22.0. The number of hydrogen-bond acceptors (Lipinski definition) is 6. The summed E-state index contributed by atoms with van der Waals surface area (Å²) in [4.78, 5) is 24.7.